The van der Waals surface area contributed by atoms with Gasteiger partial charge in [0, 0.05) is 11.1 Å². The van der Waals surface area contributed by atoms with E-state index in [4.69, 9.17) is 11.0 Å². The maximum atomic E-state index is 12.2. The minimum absolute atomic E-state index is 0.0499. The molecule has 0 aliphatic carbocycles. The van der Waals surface area contributed by atoms with Crippen molar-refractivity contribution in [2.24, 2.45) is 0 Å². The van der Waals surface area contributed by atoms with E-state index in [0.717, 1.165) is 10.7 Å². The number of nitrogen functional groups attached to an aromatic ring is 1. The number of anilines is 1. The van der Waals surface area contributed by atoms with Gasteiger partial charge in [-0.1, -0.05) is 0 Å². The molecular formula is C10H7F3N4O. The molecule has 0 saturated heterocycles. The van der Waals surface area contributed by atoms with Crippen molar-refractivity contribution in [2.45, 2.75) is 12.9 Å². The number of nitrogens with zero attached hydrogens (tertiary/aromatic N) is 3. The van der Waals surface area contributed by atoms with Crippen LogP contribution < -0.4 is 10.5 Å². The lowest BCUT2D eigenvalue weighted by molar-refractivity contribution is -0.274. The fourth-order valence-corrected chi connectivity index (χ4v) is 1.58. The van der Waals surface area contributed by atoms with Crippen molar-refractivity contribution < 1.29 is 17.9 Å². The van der Waals surface area contributed by atoms with Crippen LogP contribution in [-0.2, 0) is 6.54 Å². The molecule has 8 heteroatoms. The smallest absolute Gasteiger partial charge is 0.403 e. The highest BCUT2D eigenvalue weighted by atomic mass is 19.4. The van der Waals surface area contributed by atoms with E-state index < -0.39 is 12.1 Å². The first-order valence-corrected chi connectivity index (χ1v) is 4.79. The molecule has 0 fully saturated rings. The van der Waals surface area contributed by atoms with E-state index >= 15 is 0 Å². The highest BCUT2D eigenvalue weighted by Crippen LogP contribution is 2.33. The average molecular weight is 256 g/mol. The van der Waals surface area contributed by atoms with Gasteiger partial charge in [0.15, 0.2) is 5.75 Å². The first-order chi connectivity index (χ1) is 8.42. The molecule has 0 bridgehead atoms. The number of benzene rings is 1. The van der Waals surface area contributed by atoms with Gasteiger partial charge in [0.05, 0.1) is 12.3 Å². The maximum Gasteiger partial charge on any atom is 0.573 e. The lowest BCUT2D eigenvalue weighted by Crippen LogP contribution is -2.18. The second kappa shape index (κ2) is 4.10. The van der Waals surface area contributed by atoms with Crippen LogP contribution in [0.5, 0.6) is 5.75 Å². The lowest BCUT2D eigenvalue weighted by atomic mass is 10.2. The van der Waals surface area contributed by atoms with Gasteiger partial charge in [-0.15, -0.1) is 13.2 Å². The van der Waals surface area contributed by atoms with Crippen molar-refractivity contribution >= 4 is 16.6 Å². The van der Waals surface area contributed by atoms with Gasteiger partial charge in [-0.05, 0) is 12.1 Å². The third kappa shape index (κ3) is 2.15. The minimum atomic E-state index is -4.81. The largest absolute Gasteiger partial charge is 0.573 e. The zero-order chi connectivity index (χ0) is 13.3. The first kappa shape index (κ1) is 12.0. The van der Waals surface area contributed by atoms with Crippen LogP contribution in [0.1, 0.15) is 0 Å². The number of alkyl halides is 3. The molecule has 0 radical (unpaired) electrons. The van der Waals surface area contributed by atoms with Gasteiger partial charge in [0.2, 0.25) is 0 Å². The Bertz CT molecular complexity index is 626. The number of rotatable bonds is 2. The highest BCUT2D eigenvalue weighted by Gasteiger charge is 2.32. The number of hydrogen-bond donors (Lipinski definition) is 1. The predicted octanol–water partition coefficient (Wildman–Crippen LogP) is 2.04. The number of fused-ring (bicyclic) bond motifs is 1. The van der Waals surface area contributed by atoms with Crippen molar-refractivity contribution in [1.29, 1.82) is 5.26 Å². The molecule has 0 saturated carbocycles. The molecule has 0 aliphatic heterocycles. The third-order valence-electron chi connectivity index (χ3n) is 2.24. The van der Waals surface area contributed by atoms with Crippen LogP contribution in [0.2, 0.25) is 0 Å². The van der Waals surface area contributed by atoms with Gasteiger partial charge in [-0.2, -0.15) is 10.4 Å². The zero-order valence-corrected chi connectivity index (χ0v) is 8.90. The number of nitriles is 1. The Balaban J connectivity index is 2.62. The number of nitrogens with two attached hydrogens (primary N) is 1. The molecule has 2 N–H and O–H groups in total. The monoisotopic (exact) mass is 256 g/mol. The van der Waals surface area contributed by atoms with Gasteiger partial charge in [0.1, 0.15) is 12.1 Å². The molecule has 0 unspecified atom stereocenters. The van der Waals surface area contributed by atoms with Gasteiger partial charge < -0.3 is 10.5 Å². The van der Waals surface area contributed by atoms with E-state index in [1.54, 1.807) is 6.07 Å². The minimum Gasteiger partial charge on any atom is -0.403 e. The van der Waals surface area contributed by atoms with Crippen LogP contribution in [0, 0.1) is 11.3 Å². The summed E-state index contributed by atoms with van der Waals surface area (Å²) >= 11 is 0. The molecule has 5 nitrogen and oxygen atoms in total. The molecule has 1 aromatic heterocycles. The first-order valence-electron chi connectivity index (χ1n) is 4.79. The van der Waals surface area contributed by atoms with E-state index in [0.29, 0.717) is 5.39 Å². The van der Waals surface area contributed by atoms with Crippen molar-refractivity contribution in [2.75, 3.05) is 5.73 Å². The van der Waals surface area contributed by atoms with Crippen LogP contribution in [0.25, 0.3) is 10.9 Å². The Morgan fingerprint density at radius 3 is 2.78 bits per heavy atom. The number of halogens is 3. The number of hydrogen-bond acceptors (Lipinski definition) is 4. The Morgan fingerprint density at radius 2 is 2.17 bits per heavy atom. The van der Waals surface area contributed by atoms with E-state index in [-0.39, 0.29) is 17.7 Å². The maximum absolute atomic E-state index is 12.2. The molecule has 0 amide bonds. The van der Waals surface area contributed by atoms with Crippen molar-refractivity contribution in [3.8, 4) is 11.8 Å². The summed E-state index contributed by atoms with van der Waals surface area (Å²) < 4.78 is 41.7. The molecule has 1 heterocycles. The Morgan fingerprint density at radius 1 is 1.44 bits per heavy atom. The Labute approximate surface area is 99.2 Å². The fourth-order valence-electron chi connectivity index (χ4n) is 1.58. The van der Waals surface area contributed by atoms with E-state index in [1.165, 1.54) is 12.3 Å². The standard InChI is InChI=1S/C10H7F3N4O/c11-10(12,13)18-8-2-1-7(15)6-5-16-17(4-3-14)9(6)8/h1-2,5H,4,15H2. The molecule has 94 valence electrons. The summed E-state index contributed by atoms with van der Waals surface area (Å²) in [5, 5.41) is 12.7. The van der Waals surface area contributed by atoms with Crippen LogP contribution in [-0.4, -0.2) is 16.1 Å². The summed E-state index contributed by atoms with van der Waals surface area (Å²) in [4.78, 5) is 0. The molecular weight excluding hydrogens is 249 g/mol. The van der Waals surface area contributed by atoms with Gasteiger partial charge in [0.25, 0.3) is 0 Å². The molecule has 0 aliphatic rings. The van der Waals surface area contributed by atoms with Gasteiger partial charge in [-0.25, -0.2) is 4.68 Å². The predicted molar refractivity (Wildman–Crippen MR) is 56.4 cm³/mol. The molecule has 1 aromatic carbocycles. The summed E-state index contributed by atoms with van der Waals surface area (Å²) in [5.41, 5.74) is 5.94. The third-order valence-corrected chi connectivity index (χ3v) is 2.24. The molecule has 2 aromatic rings. The van der Waals surface area contributed by atoms with Crippen molar-refractivity contribution in [3.63, 3.8) is 0 Å². The zero-order valence-electron chi connectivity index (χ0n) is 8.90. The molecule has 2 rings (SSSR count). The average Bonchev–Trinajstić information content (AvgIpc) is 2.66. The summed E-state index contributed by atoms with van der Waals surface area (Å²) in [7, 11) is 0. The quantitative estimate of drug-likeness (QED) is 0.834. The van der Waals surface area contributed by atoms with Crippen LogP contribution in [0.3, 0.4) is 0 Å². The second-order valence-electron chi connectivity index (χ2n) is 3.42. The van der Waals surface area contributed by atoms with Gasteiger partial charge >= 0.3 is 6.36 Å². The molecule has 18 heavy (non-hydrogen) atoms. The summed E-state index contributed by atoms with van der Waals surface area (Å²) in [5.74, 6) is -0.431. The van der Waals surface area contributed by atoms with Gasteiger partial charge in [-0.3, -0.25) is 0 Å². The van der Waals surface area contributed by atoms with E-state index in [2.05, 4.69) is 9.84 Å². The van der Waals surface area contributed by atoms with Crippen molar-refractivity contribution in [3.05, 3.63) is 18.3 Å². The summed E-state index contributed by atoms with van der Waals surface area (Å²) in [6, 6.07) is 4.19. The van der Waals surface area contributed by atoms with E-state index in [1.807, 2.05) is 0 Å². The molecule has 0 atom stereocenters. The lowest BCUT2D eigenvalue weighted by Gasteiger charge is -2.11. The Kier molecular flexibility index (Phi) is 2.74. The summed E-state index contributed by atoms with van der Waals surface area (Å²) in [6.45, 7) is -0.193. The van der Waals surface area contributed by atoms with Crippen LogP contribution in [0.4, 0.5) is 18.9 Å². The van der Waals surface area contributed by atoms with Crippen LogP contribution >= 0.6 is 0 Å². The summed E-state index contributed by atoms with van der Waals surface area (Å²) in [6.07, 6.45) is -3.52. The SMILES string of the molecule is N#CCn1ncc2c(N)ccc(OC(F)(F)F)c21. The molecule has 0 spiro atoms. The van der Waals surface area contributed by atoms with E-state index in [9.17, 15) is 13.2 Å². The number of aromatic nitrogens is 2. The fraction of sp³-hybridized carbons (Fsp3) is 0.200. The topological polar surface area (TPSA) is 76.9 Å². The van der Waals surface area contributed by atoms with Crippen LogP contribution in [0.15, 0.2) is 18.3 Å². The normalized spacial score (nSPS) is 11.4. The number of ether oxygens (including phenoxy) is 1. The van der Waals surface area contributed by atoms with Crippen molar-refractivity contribution in [1.82, 2.24) is 9.78 Å². The Hall–Kier alpha value is -2.43. The highest BCUT2D eigenvalue weighted by molar-refractivity contribution is 5.94. The second-order valence-corrected chi connectivity index (χ2v) is 3.42.